The lowest BCUT2D eigenvalue weighted by atomic mass is 10.0. The summed E-state index contributed by atoms with van der Waals surface area (Å²) in [5, 5.41) is 17.7. The Hall–Kier alpha value is -1.96. The summed E-state index contributed by atoms with van der Waals surface area (Å²) in [5.41, 5.74) is 0.921. The first-order chi connectivity index (χ1) is 12.0. The number of carbonyl (C=O) groups excluding carboxylic acids is 1. The van der Waals surface area contributed by atoms with Crippen molar-refractivity contribution in [1.82, 2.24) is 9.80 Å². The molecule has 1 amide bonds. The minimum Gasteiger partial charge on any atom is -0.483 e. The van der Waals surface area contributed by atoms with E-state index >= 15 is 0 Å². The number of rotatable bonds is 3. The van der Waals surface area contributed by atoms with E-state index in [9.17, 15) is 9.90 Å². The average Bonchev–Trinajstić information content (AvgIpc) is 2.98. The van der Waals surface area contributed by atoms with Crippen LogP contribution in [0, 0.1) is 6.92 Å². The van der Waals surface area contributed by atoms with Gasteiger partial charge in [0.2, 0.25) is 0 Å². The Morgan fingerprint density at radius 1 is 1.28 bits per heavy atom. The second kappa shape index (κ2) is 8.94. The lowest BCUT2D eigenvalue weighted by molar-refractivity contribution is -0.122. The molecule has 3 rings (SSSR count). The molecule has 0 aliphatic carbocycles. The molecule has 2 N–H and O–H groups in total. The zero-order valence-electron chi connectivity index (χ0n) is 14.6. The van der Waals surface area contributed by atoms with E-state index in [1.807, 2.05) is 31.2 Å². The summed E-state index contributed by atoms with van der Waals surface area (Å²) in [6.45, 7) is 6.51. The highest BCUT2D eigenvalue weighted by Gasteiger charge is 2.40. The second-order valence-electron chi connectivity index (χ2n) is 6.51. The minimum atomic E-state index is -0.796. The molecule has 2 saturated heterocycles. The van der Waals surface area contributed by atoms with E-state index in [-0.39, 0.29) is 12.4 Å². The lowest BCUT2D eigenvalue weighted by Gasteiger charge is -2.33. The van der Waals surface area contributed by atoms with Crippen molar-refractivity contribution in [2.45, 2.75) is 18.9 Å². The monoisotopic (exact) mass is 350 g/mol. The molecule has 2 heterocycles. The van der Waals surface area contributed by atoms with E-state index in [0.717, 1.165) is 37.4 Å². The standard InChI is InChI=1S/C17H24N2O3.CH2O2/c1-14-4-2-3-5-15(14)16(20)19-7-6-17(21,13-19)12-18-8-10-22-11-9-18;2-1-3/h2-5,21H,6-13H2,1H3;1H,(H,2,3). The van der Waals surface area contributed by atoms with Crippen LogP contribution >= 0.6 is 0 Å². The molecule has 2 aliphatic heterocycles. The quantitative estimate of drug-likeness (QED) is 0.776. The average molecular weight is 350 g/mol. The molecule has 2 aliphatic rings. The molecule has 2 fully saturated rings. The fourth-order valence-corrected chi connectivity index (χ4v) is 3.32. The molecular formula is C18H26N2O5. The van der Waals surface area contributed by atoms with Gasteiger partial charge >= 0.3 is 0 Å². The number of aliphatic hydroxyl groups is 1. The third-order valence-corrected chi connectivity index (χ3v) is 4.62. The first kappa shape index (κ1) is 19.4. The third-order valence-electron chi connectivity index (χ3n) is 4.62. The fraction of sp³-hybridized carbons (Fsp3) is 0.556. The molecule has 1 atom stereocenters. The van der Waals surface area contributed by atoms with Crippen molar-refractivity contribution in [3.05, 3.63) is 35.4 Å². The fourth-order valence-electron chi connectivity index (χ4n) is 3.32. The molecule has 0 saturated carbocycles. The number of ether oxygens (including phenoxy) is 1. The van der Waals surface area contributed by atoms with Crippen LogP contribution in [0.25, 0.3) is 0 Å². The van der Waals surface area contributed by atoms with Crippen LogP contribution in [-0.2, 0) is 9.53 Å². The van der Waals surface area contributed by atoms with Crippen LogP contribution in [0.4, 0.5) is 0 Å². The van der Waals surface area contributed by atoms with Gasteiger partial charge in [0.1, 0.15) is 0 Å². The normalized spacial score (nSPS) is 23.7. The van der Waals surface area contributed by atoms with Crippen LogP contribution < -0.4 is 0 Å². The highest BCUT2D eigenvalue weighted by atomic mass is 16.5. The number of hydrogen-bond donors (Lipinski definition) is 2. The van der Waals surface area contributed by atoms with Crippen LogP contribution in [0.3, 0.4) is 0 Å². The summed E-state index contributed by atoms with van der Waals surface area (Å²) < 4.78 is 5.34. The number of amides is 1. The molecule has 0 bridgehead atoms. The maximum absolute atomic E-state index is 12.6. The SMILES string of the molecule is Cc1ccccc1C(=O)N1CCC(O)(CN2CCOCC2)C1.O=CO. The van der Waals surface area contributed by atoms with Gasteiger partial charge in [-0.15, -0.1) is 0 Å². The third kappa shape index (κ3) is 5.26. The maximum atomic E-state index is 12.6. The molecule has 0 radical (unpaired) electrons. The number of likely N-dealkylation sites (tertiary alicyclic amines) is 1. The minimum absolute atomic E-state index is 0.0241. The molecule has 1 aromatic carbocycles. The van der Waals surface area contributed by atoms with E-state index < -0.39 is 5.60 Å². The van der Waals surface area contributed by atoms with Crippen molar-refractivity contribution >= 4 is 12.4 Å². The van der Waals surface area contributed by atoms with Crippen molar-refractivity contribution in [1.29, 1.82) is 0 Å². The maximum Gasteiger partial charge on any atom is 0.290 e. The number of β-amino-alcohol motifs (C(OH)–C–C–N with tert-alkyl or cyclic N) is 1. The van der Waals surface area contributed by atoms with E-state index in [1.54, 1.807) is 4.90 Å². The van der Waals surface area contributed by atoms with E-state index in [1.165, 1.54) is 0 Å². The summed E-state index contributed by atoms with van der Waals surface area (Å²) in [6.07, 6.45) is 0.641. The summed E-state index contributed by atoms with van der Waals surface area (Å²) in [7, 11) is 0. The molecule has 7 heteroatoms. The summed E-state index contributed by atoms with van der Waals surface area (Å²) in [5.74, 6) is 0.0241. The zero-order valence-corrected chi connectivity index (χ0v) is 14.6. The van der Waals surface area contributed by atoms with E-state index in [4.69, 9.17) is 14.6 Å². The van der Waals surface area contributed by atoms with E-state index in [0.29, 0.717) is 26.1 Å². The van der Waals surface area contributed by atoms with Crippen molar-refractivity contribution in [3.63, 3.8) is 0 Å². The predicted octanol–water partition coefficient (Wildman–Crippen LogP) is 0.605. The molecule has 1 unspecified atom stereocenters. The molecule has 0 spiro atoms. The van der Waals surface area contributed by atoms with Gasteiger partial charge in [-0.25, -0.2) is 0 Å². The number of benzene rings is 1. The van der Waals surface area contributed by atoms with Gasteiger partial charge < -0.3 is 19.8 Å². The first-order valence-electron chi connectivity index (χ1n) is 8.44. The van der Waals surface area contributed by atoms with Crippen LogP contribution in [0.1, 0.15) is 22.3 Å². The van der Waals surface area contributed by atoms with E-state index in [2.05, 4.69) is 4.90 Å². The molecule has 1 aromatic rings. The topological polar surface area (TPSA) is 90.3 Å². The Balaban J connectivity index is 0.000000701. The molecule has 138 valence electrons. The van der Waals surface area contributed by atoms with Crippen molar-refractivity contribution < 1.29 is 24.5 Å². The van der Waals surface area contributed by atoms with Crippen LogP contribution in [0.2, 0.25) is 0 Å². The van der Waals surface area contributed by atoms with Crippen LogP contribution in [0.5, 0.6) is 0 Å². The Morgan fingerprint density at radius 2 is 1.92 bits per heavy atom. The molecule has 25 heavy (non-hydrogen) atoms. The first-order valence-corrected chi connectivity index (χ1v) is 8.44. The predicted molar refractivity (Wildman–Crippen MR) is 92.6 cm³/mol. The number of nitrogens with zero attached hydrogens (tertiary/aromatic N) is 2. The summed E-state index contributed by atoms with van der Waals surface area (Å²) in [4.78, 5) is 25.0. The highest BCUT2D eigenvalue weighted by Crippen LogP contribution is 2.25. The van der Waals surface area contributed by atoms with Gasteiger partial charge in [0.15, 0.2) is 0 Å². The number of hydrogen-bond acceptors (Lipinski definition) is 5. The Labute approximate surface area is 147 Å². The van der Waals surface area contributed by atoms with Gasteiger partial charge in [-0.2, -0.15) is 0 Å². The second-order valence-corrected chi connectivity index (χ2v) is 6.51. The zero-order chi connectivity index (χ0) is 18.3. The summed E-state index contributed by atoms with van der Waals surface area (Å²) in [6, 6.07) is 7.63. The Kier molecular flexibility index (Phi) is 6.92. The largest absolute Gasteiger partial charge is 0.483 e. The number of morpholine rings is 1. The van der Waals surface area contributed by atoms with Gasteiger partial charge in [0.05, 0.1) is 25.4 Å². The van der Waals surface area contributed by atoms with Gasteiger partial charge in [0.25, 0.3) is 12.4 Å². The van der Waals surface area contributed by atoms with Crippen molar-refractivity contribution in [2.75, 3.05) is 45.9 Å². The number of aryl methyl sites for hydroxylation is 1. The number of carboxylic acid groups (broad SMARTS) is 1. The Bertz CT molecular complexity index is 589. The number of carbonyl (C=O) groups is 2. The highest BCUT2D eigenvalue weighted by molar-refractivity contribution is 5.95. The van der Waals surface area contributed by atoms with Crippen molar-refractivity contribution in [2.24, 2.45) is 0 Å². The molecule has 0 aromatic heterocycles. The Morgan fingerprint density at radius 3 is 2.56 bits per heavy atom. The smallest absolute Gasteiger partial charge is 0.290 e. The van der Waals surface area contributed by atoms with Gasteiger partial charge in [-0.1, -0.05) is 18.2 Å². The van der Waals surface area contributed by atoms with Gasteiger partial charge in [0, 0.05) is 31.7 Å². The lowest BCUT2D eigenvalue weighted by Crippen LogP contribution is -2.49. The van der Waals surface area contributed by atoms with Gasteiger partial charge in [-0.3, -0.25) is 14.5 Å². The van der Waals surface area contributed by atoms with Crippen molar-refractivity contribution in [3.8, 4) is 0 Å². The van der Waals surface area contributed by atoms with Crippen LogP contribution in [0.15, 0.2) is 24.3 Å². The molecule has 7 nitrogen and oxygen atoms in total. The molecular weight excluding hydrogens is 324 g/mol. The van der Waals surface area contributed by atoms with Crippen LogP contribution in [-0.4, -0.2) is 83.9 Å². The van der Waals surface area contributed by atoms with Gasteiger partial charge in [-0.05, 0) is 25.0 Å². The summed E-state index contributed by atoms with van der Waals surface area (Å²) >= 11 is 0.